The molecule has 1 amide bonds. The van der Waals surface area contributed by atoms with Crippen molar-refractivity contribution in [1.29, 1.82) is 0 Å². The number of thioether (sulfide) groups is 1. The molecule has 98 valence electrons. The van der Waals surface area contributed by atoms with Crippen molar-refractivity contribution in [1.82, 2.24) is 10.3 Å². The molecule has 0 aliphatic rings. The molecule has 0 spiro atoms. The number of pyridine rings is 1. The van der Waals surface area contributed by atoms with E-state index in [-0.39, 0.29) is 11.2 Å². The van der Waals surface area contributed by atoms with Gasteiger partial charge in [0.15, 0.2) is 0 Å². The molecule has 1 aromatic heterocycles. The number of carbonyl (C=O) groups excluding carboxylic acids is 1. The summed E-state index contributed by atoms with van der Waals surface area (Å²) in [5, 5.41) is 3.64. The van der Waals surface area contributed by atoms with Crippen molar-refractivity contribution in [2.45, 2.75) is 23.7 Å². The van der Waals surface area contributed by atoms with Gasteiger partial charge in [-0.25, -0.2) is 4.98 Å². The minimum Gasteiger partial charge on any atom is -0.351 e. The predicted molar refractivity (Wildman–Crippen MR) is 77.8 cm³/mol. The lowest BCUT2D eigenvalue weighted by atomic mass is 10.2. The van der Waals surface area contributed by atoms with Crippen LogP contribution in [0.25, 0.3) is 0 Å². The molecule has 0 fully saturated rings. The number of rotatable bonds is 5. The highest BCUT2D eigenvalue weighted by Gasteiger charge is 2.14. The van der Waals surface area contributed by atoms with Crippen LogP contribution in [-0.4, -0.2) is 16.1 Å². The third-order valence-electron chi connectivity index (χ3n) is 2.61. The summed E-state index contributed by atoms with van der Waals surface area (Å²) in [6, 6.07) is 15.6. The Labute approximate surface area is 117 Å². The Kier molecular flexibility index (Phi) is 4.98. The van der Waals surface area contributed by atoms with E-state index in [0.29, 0.717) is 6.54 Å². The Morgan fingerprint density at radius 2 is 1.95 bits per heavy atom. The third-order valence-corrected chi connectivity index (χ3v) is 3.66. The molecule has 0 saturated carbocycles. The van der Waals surface area contributed by atoms with Gasteiger partial charge < -0.3 is 5.32 Å². The van der Waals surface area contributed by atoms with E-state index in [9.17, 15) is 4.79 Å². The molecule has 1 aromatic carbocycles. The van der Waals surface area contributed by atoms with Gasteiger partial charge in [-0.15, -0.1) is 0 Å². The van der Waals surface area contributed by atoms with Gasteiger partial charge in [0.2, 0.25) is 5.91 Å². The van der Waals surface area contributed by atoms with Crippen LogP contribution in [0.3, 0.4) is 0 Å². The van der Waals surface area contributed by atoms with Gasteiger partial charge in [-0.2, -0.15) is 0 Å². The van der Waals surface area contributed by atoms with Crippen molar-refractivity contribution in [2.24, 2.45) is 0 Å². The first-order chi connectivity index (χ1) is 9.25. The van der Waals surface area contributed by atoms with E-state index in [0.717, 1.165) is 10.6 Å². The number of carbonyl (C=O) groups is 1. The summed E-state index contributed by atoms with van der Waals surface area (Å²) in [5.41, 5.74) is 1.10. The molecule has 0 aliphatic carbocycles. The van der Waals surface area contributed by atoms with E-state index < -0.39 is 0 Å². The van der Waals surface area contributed by atoms with E-state index >= 15 is 0 Å². The van der Waals surface area contributed by atoms with Gasteiger partial charge in [-0.3, -0.25) is 4.79 Å². The van der Waals surface area contributed by atoms with Gasteiger partial charge in [-0.1, -0.05) is 48.2 Å². The third kappa shape index (κ3) is 4.41. The van der Waals surface area contributed by atoms with Crippen LogP contribution in [0, 0.1) is 0 Å². The minimum atomic E-state index is -0.154. The van der Waals surface area contributed by atoms with Crippen molar-refractivity contribution < 1.29 is 4.79 Å². The molecular weight excluding hydrogens is 256 g/mol. The maximum absolute atomic E-state index is 12.0. The van der Waals surface area contributed by atoms with Gasteiger partial charge in [0.05, 0.1) is 10.3 Å². The van der Waals surface area contributed by atoms with Crippen LogP contribution in [-0.2, 0) is 11.3 Å². The Bertz CT molecular complexity index is 516. The van der Waals surface area contributed by atoms with Crippen LogP contribution in [0.4, 0.5) is 0 Å². The molecular formula is C15H16N2OS. The molecule has 0 unspecified atom stereocenters. The van der Waals surface area contributed by atoms with Crippen molar-refractivity contribution >= 4 is 17.7 Å². The lowest BCUT2D eigenvalue weighted by Gasteiger charge is -2.11. The van der Waals surface area contributed by atoms with Crippen LogP contribution in [0.5, 0.6) is 0 Å². The SMILES string of the molecule is C[C@H](Sc1ccccn1)C(=O)NCc1ccccc1. The Morgan fingerprint density at radius 1 is 1.21 bits per heavy atom. The van der Waals surface area contributed by atoms with Crippen LogP contribution >= 0.6 is 11.8 Å². The number of benzene rings is 1. The topological polar surface area (TPSA) is 42.0 Å². The van der Waals surface area contributed by atoms with Gasteiger partial charge in [0, 0.05) is 12.7 Å². The standard InChI is InChI=1S/C15H16N2OS/c1-12(19-14-9-5-6-10-16-14)15(18)17-11-13-7-3-2-4-8-13/h2-10,12H,11H2,1H3,(H,17,18)/t12-/m0/s1. The molecule has 19 heavy (non-hydrogen) atoms. The summed E-state index contributed by atoms with van der Waals surface area (Å²) < 4.78 is 0. The molecule has 0 saturated heterocycles. The number of nitrogens with one attached hydrogen (secondary N) is 1. The predicted octanol–water partition coefficient (Wildman–Crippen LogP) is 2.88. The zero-order chi connectivity index (χ0) is 13.5. The molecule has 2 aromatic rings. The molecule has 1 heterocycles. The Morgan fingerprint density at radius 3 is 2.63 bits per heavy atom. The maximum atomic E-state index is 12.0. The monoisotopic (exact) mass is 272 g/mol. The fourth-order valence-electron chi connectivity index (χ4n) is 1.58. The smallest absolute Gasteiger partial charge is 0.233 e. The summed E-state index contributed by atoms with van der Waals surface area (Å²) in [4.78, 5) is 16.2. The number of amides is 1. The second-order valence-corrected chi connectivity index (χ2v) is 5.49. The van der Waals surface area contributed by atoms with Gasteiger partial charge in [-0.05, 0) is 24.6 Å². The molecule has 0 radical (unpaired) electrons. The first kappa shape index (κ1) is 13.6. The van der Waals surface area contributed by atoms with Crippen LogP contribution in [0.15, 0.2) is 59.8 Å². The highest BCUT2D eigenvalue weighted by Crippen LogP contribution is 2.20. The van der Waals surface area contributed by atoms with Crippen molar-refractivity contribution in [3.63, 3.8) is 0 Å². The number of aromatic nitrogens is 1. The fourth-order valence-corrected chi connectivity index (χ4v) is 2.41. The van der Waals surface area contributed by atoms with Crippen LogP contribution < -0.4 is 5.32 Å². The fraction of sp³-hybridized carbons (Fsp3) is 0.200. The van der Waals surface area contributed by atoms with Crippen LogP contribution in [0.2, 0.25) is 0 Å². The van der Waals surface area contributed by atoms with E-state index in [1.165, 1.54) is 11.8 Å². The van der Waals surface area contributed by atoms with Crippen molar-refractivity contribution in [3.8, 4) is 0 Å². The molecule has 1 N–H and O–H groups in total. The highest BCUT2D eigenvalue weighted by atomic mass is 32.2. The molecule has 0 bridgehead atoms. The minimum absolute atomic E-state index is 0.0273. The second kappa shape index (κ2) is 6.95. The average molecular weight is 272 g/mol. The average Bonchev–Trinajstić information content (AvgIpc) is 2.47. The first-order valence-corrected chi connectivity index (χ1v) is 7.03. The number of nitrogens with zero attached hydrogens (tertiary/aromatic N) is 1. The molecule has 4 heteroatoms. The second-order valence-electron chi connectivity index (χ2n) is 4.13. The molecule has 1 atom stereocenters. The zero-order valence-corrected chi connectivity index (χ0v) is 11.6. The quantitative estimate of drug-likeness (QED) is 0.851. The zero-order valence-electron chi connectivity index (χ0n) is 10.7. The molecule has 2 rings (SSSR count). The van der Waals surface area contributed by atoms with Gasteiger partial charge in [0.1, 0.15) is 0 Å². The maximum Gasteiger partial charge on any atom is 0.233 e. The van der Waals surface area contributed by atoms with Crippen molar-refractivity contribution in [2.75, 3.05) is 0 Å². The Balaban J connectivity index is 1.83. The van der Waals surface area contributed by atoms with Crippen LogP contribution in [0.1, 0.15) is 12.5 Å². The van der Waals surface area contributed by atoms with E-state index in [1.807, 2.05) is 55.5 Å². The van der Waals surface area contributed by atoms with E-state index in [1.54, 1.807) is 6.20 Å². The summed E-state index contributed by atoms with van der Waals surface area (Å²) in [6.07, 6.45) is 1.73. The highest BCUT2D eigenvalue weighted by molar-refractivity contribution is 8.00. The summed E-state index contributed by atoms with van der Waals surface area (Å²) >= 11 is 1.46. The molecule has 3 nitrogen and oxygen atoms in total. The Hall–Kier alpha value is -1.81. The normalized spacial score (nSPS) is 11.8. The lowest BCUT2D eigenvalue weighted by molar-refractivity contribution is -0.120. The van der Waals surface area contributed by atoms with E-state index in [4.69, 9.17) is 0 Å². The summed E-state index contributed by atoms with van der Waals surface area (Å²) in [7, 11) is 0. The first-order valence-electron chi connectivity index (χ1n) is 6.15. The largest absolute Gasteiger partial charge is 0.351 e. The van der Waals surface area contributed by atoms with Gasteiger partial charge >= 0.3 is 0 Å². The lowest BCUT2D eigenvalue weighted by Crippen LogP contribution is -2.30. The number of hydrogen-bond donors (Lipinski definition) is 1. The summed E-state index contributed by atoms with van der Waals surface area (Å²) in [5.74, 6) is 0.0273. The summed E-state index contributed by atoms with van der Waals surface area (Å²) in [6.45, 7) is 2.45. The van der Waals surface area contributed by atoms with E-state index in [2.05, 4.69) is 10.3 Å². The van der Waals surface area contributed by atoms with Gasteiger partial charge in [0.25, 0.3) is 0 Å². The van der Waals surface area contributed by atoms with Crippen molar-refractivity contribution in [3.05, 3.63) is 60.3 Å². The number of hydrogen-bond acceptors (Lipinski definition) is 3. The molecule has 0 aliphatic heterocycles.